The molecule has 1 amide bonds. The Balaban J connectivity index is 1.71. The molecule has 9 heteroatoms. The Kier molecular flexibility index (Phi) is 6.94. The standard InChI is InChI=1S/C28H23F6NO2/c1-17-8-6-7-11-23(17)24-15-26(35-25(24)36,20-9-4-3-5-10-20)16-37-18(2)19-12-21(27(29,30)31)14-22(13-19)28(32,33)34/h3-15,18H,16H2,1-2H3,(H,35,36)/t18-,26-/m1/s1. The molecule has 194 valence electrons. The molecule has 1 aliphatic heterocycles. The zero-order valence-corrected chi connectivity index (χ0v) is 19.9. The van der Waals surface area contributed by atoms with E-state index in [0.29, 0.717) is 28.8 Å². The lowest BCUT2D eigenvalue weighted by Gasteiger charge is -2.30. The van der Waals surface area contributed by atoms with Gasteiger partial charge in [-0.3, -0.25) is 4.79 Å². The molecule has 3 aromatic rings. The fourth-order valence-electron chi connectivity index (χ4n) is 4.31. The highest BCUT2D eigenvalue weighted by Gasteiger charge is 2.41. The van der Waals surface area contributed by atoms with Gasteiger partial charge in [-0.05, 0) is 60.4 Å². The number of halogens is 6. The van der Waals surface area contributed by atoms with E-state index >= 15 is 0 Å². The maximum absolute atomic E-state index is 13.3. The average Bonchev–Trinajstić information content (AvgIpc) is 3.19. The molecule has 1 heterocycles. The summed E-state index contributed by atoms with van der Waals surface area (Å²) in [7, 11) is 0. The van der Waals surface area contributed by atoms with Crippen molar-refractivity contribution >= 4 is 11.5 Å². The highest BCUT2D eigenvalue weighted by molar-refractivity contribution is 6.22. The maximum atomic E-state index is 13.3. The molecule has 2 atom stereocenters. The van der Waals surface area contributed by atoms with Gasteiger partial charge in [0, 0.05) is 5.57 Å². The van der Waals surface area contributed by atoms with Gasteiger partial charge in [0.2, 0.25) is 0 Å². The van der Waals surface area contributed by atoms with E-state index in [1.165, 1.54) is 6.92 Å². The lowest BCUT2D eigenvalue weighted by atomic mass is 9.90. The van der Waals surface area contributed by atoms with Gasteiger partial charge in [-0.1, -0.05) is 54.6 Å². The number of benzene rings is 3. The monoisotopic (exact) mass is 519 g/mol. The van der Waals surface area contributed by atoms with Crippen LogP contribution in [-0.4, -0.2) is 12.5 Å². The van der Waals surface area contributed by atoms with Crippen LogP contribution in [0.5, 0.6) is 0 Å². The third-order valence-electron chi connectivity index (χ3n) is 6.34. The molecular formula is C28H23F6NO2. The van der Waals surface area contributed by atoms with Crippen molar-refractivity contribution in [2.75, 3.05) is 6.61 Å². The molecule has 0 saturated heterocycles. The van der Waals surface area contributed by atoms with Gasteiger partial charge in [0.15, 0.2) is 0 Å². The largest absolute Gasteiger partial charge is 0.416 e. The SMILES string of the molecule is Cc1ccccc1C1=C[C@@](CO[C@H](C)c2cc(C(F)(F)F)cc(C(F)(F)F)c2)(c2ccccc2)NC1=O. The van der Waals surface area contributed by atoms with Crippen LogP contribution in [0.25, 0.3) is 5.57 Å². The summed E-state index contributed by atoms with van der Waals surface area (Å²) in [5.41, 5.74) is -1.67. The molecule has 1 aliphatic rings. The van der Waals surface area contributed by atoms with Crippen LogP contribution in [0.15, 0.2) is 78.9 Å². The number of amides is 1. The van der Waals surface area contributed by atoms with Gasteiger partial charge in [0.05, 0.1) is 23.8 Å². The van der Waals surface area contributed by atoms with Crippen molar-refractivity contribution in [3.05, 3.63) is 112 Å². The van der Waals surface area contributed by atoms with E-state index in [4.69, 9.17) is 4.74 Å². The molecule has 37 heavy (non-hydrogen) atoms. The average molecular weight is 519 g/mol. The number of aryl methyl sites for hydroxylation is 1. The Morgan fingerprint density at radius 2 is 1.43 bits per heavy atom. The van der Waals surface area contributed by atoms with E-state index in [1.54, 1.807) is 48.5 Å². The quantitative estimate of drug-likeness (QED) is 0.349. The smallest absolute Gasteiger partial charge is 0.371 e. The van der Waals surface area contributed by atoms with Crippen molar-refractivity contribution in [3.8, 4) is 0 Å². The van der Waals surface area contributed by atoms with Crippen LogP contribution in [-0.2, 0) is 27.4 Å². The second-order valence-electron chi connectivity index (χ2n) is 8.96. The van der Waals surface area contributed by atoms with Crippen LogP contribution >= 0.6 is 0 Å². The molecule has 0 fully saturated rings. The van der Waals surface area contributed by atoms with Gasteiger partial charge in [0.1, 0.15) is 5.54 Å². The van der Waals surface area contributed by atoms with Crippen molar-refractivity contribution < 1.29 is 35.9 Å². The van der Waals surface area contributed by atoms with E-state index in [-0.39, 0.29) is 24.1 Å². The fourth-order valence-corrected chi connectivity index (χ4v) is 4.31. The first-order valence-corrected chi connectivity index (χ1v) is 11.4. The van der Waals surface area contributed by atoms with Crippen molar-refractivity contribution in [2.45, 2.75) is 37.8 Å². The van der Waals surface area contributed by atoms with Gasteiger partial charge in [0.25, 0.3) is 5.91 Å². The summed E-state index contributed by atoms with van der Waals surface area (Å²) in [6.07, 6.45) is -9.37. The Hall–Kier alpha value is -3.59. The van der Waals surface area contributed by atoms with Gasteiger partial charge in [-0.25, -0.2) is 0 Å². The second-order valence-corrected chi connectivity index (χ2v) is 8.96. The van der Waals surface area contributed by atoms with Gasteiger partial charge in [-0.2, -0.15) is 26.3 Å². The maximum Gasteiger partial charge on any atom is 0.416 e. The zero-order valence-electron chi connectivity index (χ0n) is 19.9. The lowest BCUT2D eigenvalue weighted by Crippen LogP contribution is -2.43. The first-order valence-electron chi connectivity index (χ1n) is 11.4. The van der Waals surface area contributed by atoms with Crippen LogP contribution in [0.2, 0.25) is 0 Å². The molecule has 4 rings (SSSR count). The first kappa shape index (κ1) is 26.5. The summed E-state index contributed by atoms with van der Waals surface area (Å²) >= 11 is 0. The highest BCUT2D eigenvalue weighted by Crippen LogP contribution is 2.39. The lowest BCUT2D eigenvalue weighted by molar-refractivity contribution is -0.143. The van der Waals surface area contributed by atoms with Crippen LogP contribution in [0.1, 0.15) is 46.4 Å². The van der Waals surface area contributed by atoms with Crippen LogP contribution in [0.4, 0.5) is 26.3 Å². The summed E-state index contributed by atoms with van der Waals surface area (Å²) in [6, 6.07) is 17.5. The molecule has 1 N–H and O–H groups in total. The van der Waals surface area contributed by atoms with E-state index in [9.17, 15) is 31.1 Å². The Morgan fingerprint density at radius 1 is 0.865 bits per heavy atom. The molecule has 3 nitrogen and oxygen atoms in total. The minimum atomic E-state index is -4.97. The van der Waals surface area contributed by atoms with Crippen molar-refractivity contribution in [1.82, 2.24) is 5.32 Å². The van der Waals surface area contributed by atoms with E-state index < -0.39 is 35.1 Å². The van der Waals surface area contributed by atoms with Crippen molar-refractivity contribution in [3.63, 3.8) is 0 Å². The molecule has 0 aliphatic carbocycles. The summed E-state index contributed by atoms with van der Waals surface area (Å²) in [5, 5.41) is 2.92. The summed E-state index contributed by atoms with van der Waals surface area (Å²) in [5.74, 6) is -0.368. The minimum Gasteiger partial charge on any atom is -0.371 e. The predicted molar refractivity (Wildman–Crippen MR) is 126 cm³/mol. The number of rotatable bonds is 6. The number of carbonyl (C=O) groups excluding carboxylic acids is 1. The number of hydrogen-bond acceptors (Lipinski definition) is 2. The fraction of sp³-hybridized carbons (Fsp3) is 0.250. The topological polar surface area (TPSA) is 38.3 Å². The molecule has 0 aromatic heterocycles. The summed E-state index contributed by atoms with van der Waals surface area (Å²) in [6.45, 7) is 3.00. The Morgan fingerprint density at radius 3 is 2.00 bits per heavy atom. The van der Waals surface area contributed by atoms with Crippen molar-refractivity contribution in [2.24, 2.45) is 0 Å². The number of nitrogens with one attached hydrogen (secondary N) is 1. The first-order chi connectivity index (χ1) is 17.3. The molecule has 0 spiro atoms. The summed E-state index contributed by atoms with van der Waals surface area (Å²) in [4.78, 5) is 13.1. The van der Waals surface area contributed by atoms with E-state index in [1.807, 2.05) is 19.1 Å². The third-order valence-corrected chi connectivity index (χ3v) is 6.34. The number of hydrogen-bond donors (Lipinski definition) is 1. The zero-order chi connectivity index (χ0) is 27.0. The van der Waals surface area contributed by atoms with Gasteiger partial charge in [-0.15, -0.1) is 0 Å². The summed E-state index contributed by atoms with van der Waals surface area (Å²) < 4.78 is 85.9. The van der Waals surface area contributed by atoms with E-state index in [2.05, 4.69) is 5.32 Å². The minimum absolute atomic E-state index is 0.0794. The molecule has 0 unspecified atom stereocenters. The van der Waals surface area contributed by atoms with Crippen molar-refractivity contribution in [1.29, 1.82) is 0 Å². The number of alkyl halides is 6. The second kappa shape index (κ2) is 9.70. The van der Waals surface area contributed by atoms with Gasteiger partial charge >= 0.3 is 12.4 Å². The number of ether oxygens (including phenoxy) is 1. The highest BCUT2D eigenvalue weighted by atomic mass is 19.4. The third kappa shape index (κ3) is 5.56. The van der Waals surface area contributed by atoms with Crippen LogP contribution in [0, 0.1) is 6.92 Å². The van der Waals surface area contributed by atoms with Crippen LogP contribution < -0.4 is 5.32 Å². The Bertz CT molecular complexity index is 1300. The molecule has 3 aromatic carbocycles. The molecule has 0 bridgehead atoms. The Labute approximate surface area is 209 Å². The molecule has 0 saturated carbocycles. The number of carbonyl (C=O) groups is 1. The predicted octanol–water partition coefficient (Wildman–Crippen LogP) is 7.22. The van der Waals surface area contributed by atoms with E-state index in [0.717, 1.165) is 5.56 Å². The van der Waals surface area contributed by atoms with Gasteiger partial charge < -0.3 is 10.1 Å². The normalized spacial score (nSPS) is 18.9. The van der Waals surface area contributed by atoms with Crippen LogP contribution in [0.3, 0.4) is 0 Å². The molecular weight excluding hydrogens is 496 g/mol. The molecule has 0 radical (unpaired) electrons.